The molecule has 1 unspecified atom stereocenters. The van der Waals surface area contributed by atoms with Crippen LogP contribution in [0.15, 0.2) is 16.6 Å². The zero-order valence-corrected chi connectivity index (χ0v) is 14.3. The van der Waals surface area contributed by atoms with Crippen molar-refractivity contribution in [3.05, 3.63) is 27.7 Å². The van der Waals surface area contributed by atoms with E-state index in [9.17, 15) is 0 Å². The molecule has 0 spiro atoms. The Labute approximate surface area is 124 Å². The van der Waals surface area contributed by atoms with E-state index in [4.69, 9.17) is 10.5 Å². The molecule has 2 nitrogen and oxygen atoms in total. The fourth-order valence-electron chi connectivity index (χ4n) is 3.43. The maximum atomic E-state index is 6.55. The van der Waals surface area contributed by atoms with Gasteiger partial charge in [0, 0.05) is 16.1 Å². The van der Waals surface area contributed by atoms with E-state index in [0.29, 0.717) is 5.92 Å². The van der Waals surface area contributed by atoms with Crippen molar-refractivity contribution in [3.63, 3.8) is 0 Å². The molecular formula is C16H24BrNO. The Hall–Kier alpha value is -0.540. The lowest BCUT2D eigenvalue weighted by Gasteiger charge is -2.19. The summed E-state index contributed by atoms with van der Waals surface area (Å²) in [5.74, 6) is 1.37. The second kappa shape index (κ2) is 4.49. The van der Waals surface area contributed by atoms with E-state index in [1.165, 1.54) is 5.56 Å². The standard InChI is InChI=1S/C16H24BrNO/c1-9-7-12(19-6)10(8-11(9)17)13(18)14-15(2,3)16(14,4)5/h7-8,13-14H,18H2,1-6H3. The molecule has 1 atom stereocenters. The Bertz CT molecular complexity index is 494. The summed E-state index contributed by atoms with van der Waals surface area (Å²) >= 11 is 3.59. The summed E-state index contributed by atoms with van der Waals surface area (Å²) in [4.78, 5) is 0. The van der Waals surface area contributed by atoms with Crippen molar-refractivity contribution in [2.24, 2.45) is 22.5 Å². The number of benzene rings is 1. The molecule has 2 rings (SSSR count). The van der Waals surface area contributed by atoms with Crippen molar-refractivity contribution in [2.45, 2.75) is 40.7 Å². The van der Waals surface area contributed by atoms with Crippen LogP contribution in [0.2, 0.25) is 0 Å². The number of methoxy groups -OCH3 is 1. The summed E-state index contributed by atoms with van der Waals surface area (Å²) in [5, 5.41) is 0. The van der Waals surface area contributed by atoms with Gasteiger partial charge in [0.25, 0.3) is 0 Å². The molecule has 19 heavy (non-hydrogen) atoms. The summed E-state index contributed by atoms with van der Waals surface area (Å²) in [5.41, 5.74) is 9.36. The Morgan fingerprint density at radius 2 is 1.74 bits per heavy atom. The van der Waals surface area contributed by atoms with Gasteiger partial charge >= 0.3 is 0 Å². The van der Waals surface area contributed by atoms with Crippen molar-refractivity contribution in [3.8, 4) is 5.75 Å². The van der Waals surface area contributed by atoms with E-state index in [0.717, 1.165) is 15.8 Å². The monoisotopic (exact) mass is 325 g/mol. The van der Waals surface area contributed by atoms with Crippen LogP contribution >= 0.6 is 15.9 Å². The van der Waals surface area contributed by atoms with Gasteiger partial charge in [0.1, 0.15) is 5.75 Å². The van der Waals surface area contributed by atoms with Crippen molar-refractivity contribution in [2.75, 3.05) is 7.11 Å². The molecule has 1 aromatic carbocycles. The highest BCUT2D eigenvalue weighted by molar-refractivity contribution is 9.10. The average Bonchev–Trinajstić information content (AvgIpc) is 2.72. The lowest BCUT2D eigenvalue weighted by molar-refractivity contribution is 0.395. The second-order valence-electron chi connectivity index (χ2n) is 6.79. The molecule has 0 heterocycles. The van der Waals surface area contributed by atoms with Crippen LogP contribution in [0.25, 0.3) is 0 Å². The normalized spacial score (nSPS) is 22.1. The average molecular weight is 326 g/mol. The zero-order chi connectivity index (χ0) is 14.6. The van der Waals surface area contributed by atoms with Gasteiger partial charge < -0.3 is 10.5 Å². The van der Waals surface area contributed by atoms with Gasteiger partial charge in [-0.25, -0.2) is 0 Å². The van der Waals surface area contributed by atoms with Crippen LogP contribution in [-0.4, -0.2) is 7.11 Å². The first-order valence-corrected chi connectivity index (χ1v) is 7.53. The molecule has 0 radical (unpaired) electrons. The minimum absolute atomic E-state index is 0.0110. The van der Waals surface area contributed by atoms with Gasteiger partial charge in [0.05, 0.1) is 7.11 Å². The zero-order valence-electron chi connectivity index (χ0n) is 12.7. The van der Waals surface area contributed by atoms with Gasteiger partial charge in [-0.05, 0) is 41.4 Å². The van der Waals surface area contributed by atoms with E-state index in [1.54, 1.807) is 7.11 Å². The minimum atomic E-state index is 0.0110. The predicted molar refractivity (Wildman–Crippen MR) is 83.4 cm³/mol. The third kappa shape index (κ3) is 2.11. The van der Waals surface area contributed by atoms with Crippen LogP contribution < -0.4 is 10.5 Å². The van der Waals surface area contributed by atoms with E-state index < -0.39 is 0 Å². The Morgan fingerprint density at radius 3 is 2.16 bits per heavy atom. The quantitative estimate of drug-likeness (QED) is 0.891. The van der Waals surface area contributed by atoms with E-state index in [-0.39, 0.29) is 16.9 Å². The topological polar surface area (TPSA) is 35.2 Å². The minimum Gasteiger partial charge on any atom is -0.496 e. The third-order valence-corrected chi connectivity index (χ3v) is 6.22. The maximum Gasteiger partial charge on any atom is 0.123 e. The van der Waals surface area contributed by atoms with Gasteiger partial charge in [-0.1, -0.05) is 43.6 Å². The van der Waals surface area contributed by atoms with Crippen LogP contribution in [-0.2, 0) is 0 Å². The second-order valence-corrected chi connectivity index (χ2v) is 7.64. The highest BCUT2D eigenvalue weighted by Gasteiger charge is 2.66. The highest BCUT2D eigenvalue weighted by atomic mass is 79.9. The number of hydrogen-bond acceptors (Lipinski definition) is 2. The Balaban J connectivity index is 2.41. The smallest absolute Gasteiger partial charge is 0.123 e. The Morgan fingerprint density at radius 1 is 1.21 bits per heavy atom. The number of rotatable bonds is 3. The van der Waals surface area contributed by atoms with Gasteiger partial charge in [-0.2, -0.15) is 0 Å². The van der Waals surface area contributed by atoms with Crippen molar-refractivity contribution in [1.82, 2.24) is 0 Å². The molecule has 1 aliphatic rings. The molecule has 1 aromatic rings. The van der Waals surface area contributed by atoms with Crippen molar-refractivity contribution in [1.29, 1.82) is 0 Å². The Kier molecular flexibility index (Phi) is 3.51. The fraction of sp³-hybridized carbons (Fsp3) is 0.625. The summed E-state index contributed by atoms with van der Waals surface area (Å²) < 4.78 is 6.61. The third-order valence-electron chi connectivity index (χ3n) is 5.36. The van der Waals surface area contributed by atoms with E-state index in [2.05, 4.69) is 62.7 Å². The summed E-state index contributed by atoms with van der Waals surface area (Å²) in [6, 6.07) is 4.18. The molecule has 3 heteroatoms. The van der Waals surface area contributed by atoms with Crippen molar-refractivity contribution >= 4 is 15.9 Å². The SMILES string of the molecule is COc1cc(C)c(Br)cc1C(N)C1C(C)(C)C1(C)C. The van der Waals surface area contributed by atoms with E-state index >= 15 is 0 Å². The maximum absolute atomic E-state index is 6.55. The molecule has 0 amide bonds. The largest absolute Gasteiger partial charge is 0.496 e. The molecule has 1 fully saturated rings. The molecule has 0 bridgehead atoms. The van der Waals surface area contributed by atoms with Gasteiger partial charge in [0.15, 0.2) is 0 Å². The first-order chi connectivity index (χ1) is 8.64. The van der Waals surface area contributed by atoms with Crippen LogP contribution in [0, 0.1) is 23.7 Å². The summed E-state index contributed by atoms with van der Waals surface area (Å²) in [7, 11) is 1.71. The van der Waals surface area contributed by atoms with Crippen LogP contribution in [0.4, 0.5) is 0 Å². The van der Waals surface area contributed by atoms with E-state index in [1.807, 2.05) is 0 Å². The first-order valence-electron chi connectivity index (χ1n) is 6.74. The lowest BCUT2D eigenvalue weighted by atomic mass is 9.95. The summed E-state index contributed by atoms with van der Waals surface area (Å²) in [6.45, 7) is 11.3. The number of hydrogen-bond donors (Lipinski definition) is 1. The molecule has 106 valence electrons. The van der Waals surface area contributed by atoms with Gasteiger partial charge in [-0.3, -0.25) is 0 Å². The predicted octanol–water partition coefficient (Wildman–Crippen LogP) is 4.45. The first kappa shape index (κ1) is 14.9. The molecular weight excluding hydrogens is 302 g/mol. The van der Waals surface area contributed by atoms with Gasteiger partial charge in [-0.15, -0.1) is 0 Å². The van der Waals surface area contributed by atoms with Gasteiger partial charge in [0.2, 0.25) is 0 Å². The number of aryl methyl sites for hydroxylation is 1. The van der Waals surface area contributed by atoms with Crippen LogP contribution in [0.3, 0.4) is 0 Å². The molecule has 0 aromatic heterocycles. The number of halogens is 1. The lowest BCUT2D eigenvalue weighted by Crippen LogP contribution is -2.17. The van der Waals surface area contributed by atoms with Crippen LogP contribution in [0.5, 0.6) is 5.75 Å². The molecule has 0 saturated heterocycles. The number of nitrogens with two attached hydrogens (primary N) is 1. The molecule has 0 aliphatic heterocycles. The molecule has 1 aliphatic carbocycles. The number of ether oxygens (including phenoxy) is 1. The van der Waals surface area contributed by atoms with Crippen LogP contribution in [0.1, 0.15) is 44.9 Å². The highest BCUT2D eigenvalue weighted by Crippen LogP contribution is 2.72. The summed E-state index contributed by atoms with van der Waals surface area (Å²) in [6.07, 6.45) is 0. The van der Waals surface area contributed by atoms with Crippen molar-refractivity contribution < 1.29 is 4.74 Å². The molecule has 2 N–H and O–H groups in total. The molecule has 1 saturated carbocycles. The fourth-order valence-corrected chi connectivity index (χ4v) is 3.79.